The molecule has 0 aromatic heterocycles. The van der Waals surface area contributed by atoms with Crippen molar-refractivity contribution in [3.8, 4) is 0 Å². The van der Waals surface area contributed by atoms with Crippen LogP contribution in [0.4, 0.5) is 0 Å². The smallest absolute Gasteiger partial charge is 1.00 e. The van der Waals surface area contributed by atoms with Gasteiger partial charge in [0.25, 0.3) is 0 Å². The van der Waals surface area contributed by atoms with Crippen LogP contribution in [0, 0.1) is 0 Å². The third kappa shape index (κ3) is 3.66. The van der Waals surface area contributed by atoms with E-state index in [0.29, 0.717) is 0 Å². The van der Waals surface area contributed by atoms with Crippen molar-refractivity contribution in [2.45, 2.75) is 7.25 Å². The Labute approximate surface area is 170 Å². The van der Waals surface area contributed by atoms with Crippen molar-refractivity contribution < 1.29 is 48.0 Å². The van der Waals surface area contributed by atoms with Gasteiger partial charge in [0.1, 0.15) is 0 Å². The first kappa shape index (κ1) is 20.1. The Morgan fingerprint density at radius 3 is 2.17 bits per heavy atom. The summed E-state index contributed by atoms with van der Waals surface area (Å²) in [7, 11) is 0.00476. The van der Waals surface area contributed by atoms with Crippen molar-refractivity contribution in [3.05, 3.63) is 82.2 Å². The normalized spacial score (nSPS) is 19.7. The molecule has 0 N–H and O–H groups in total. The van der Waals surface area contributed by atoms with Crippen molar-refractivity contribution in [1.29, 1.82) is 0 Å². The number of hydrogen-bond donors (Lipinski definition) is 0. The van der Waals surface area contributed by atoms with E-state index in [2.05, 4.69) is 80.1 Å². The Morgan fingerprint density at radius 2 is 1.46 bits per heavy atom. The zero-order chi connectivity index (χ0) is 15.1. The topological polar surface area (TPSA) is 0 Å². The maximum atomic E-state index is 2.50. The molecule has 0 aliphatic heterocycles. The first-order valence-electron chi connectivity index (χ1n) is 7.75. The molecule has 2 aromatic carbocycles. The molecule has 24 heavy (non-hydrogen) atoms. The van der Waals surface area contributed by atoms with E-state index in [4.69, 9.17) is 0 Å². The molecular weight excluding hydrogens is 433 g/mol. The Balaban J connectivity index is 0.00000104. The molecule has 0 saturated carbocycles. The molecule has 0 radical (unpaired) electrons. The zero-order valence-corrected chi connectivity index (χ0v) is 18.6. The van der Waals surface area contributed by atoms with Crippen LogP contribution in [-0.4, -0.2) is 13.3 Å². The number of halogens is 2. The van der Waals surface area contributed by atoms with E-state index >= 15 is 0 Å². The fourth-order valence-corrected chi connectivity index (χ4v) is 11.0. The summed E-state index contributed by atoms with van der Waals surface area (Å²) in [5.41, 5.74) is 6.11. The van der Waals surface area contributed by atoms with Crippen LogP contribution in [0.25, 0.3) is 12.2 Å². The van der Waals surface area contributed by atoms with Crippen LogP contribution in [-0.2, 0) is 23.2 Å². The van der Waals surface area contributed by atoms with Gasteiger partial charge in [-0.15, -0.1) is 0 Å². The van der Waals surface area contributed by atoms with Gasteiger partial charge in [0.05, 0.1) is 0 Å². The molecule has 2 unspecified atom stereocenters. The molecule has 2 aliphatic rings. The summed E-state index contributed by atoms with van der Waals surface area (Å²) in [5, 5.41) is 1.74. The second-order valence-electron chi connectivity index (χ2n) is 6.16. The number of benzene rings is 2. The molecule has 0 amide bonds. The summed E-state index contributed by atoms with van der Waals surface area (Å²) in [4.78, 5) is 0. The van der Waals surface area contributed by atoms with Gasteiger partial charge in [-0.2, -0.15) is 0 Å². The molecule has 0 spiro atoms. The SMILES string of the molecule is CP(C)C1=Cc2ccccc2[CH]1[Zr+2][CH]1C=Cc2ccccc21.[Cl-].[Cl-]. The molecule has 0 heterocycles. The van der Waals surface area contributed by atoms with Gasteiger partial charge in [-0.25, -0.2) is 0 Å². The first-order chi connectivity index (χ1) is 10.7. The van der Waals surface area contributed by atoms with Crippen LogP contribution in [0.15, 0.2) is 59.9 Å². The van der Waals surface area contributed by atoms with Gasteiger partial charge in [0.2, 0.25) is 0 Å². The molecule has 4 heteroatoms. The van der Waals surface area contributed by atoms with Crippen LogP contribution in [0.5, 0.6) is 0 Å². The predicted octanol–water partition coefficient (Wildman–Crippen LogP) is -0.318. The van der Waals surface area contributed by atoms with Crippen LogP contribution in [0.1, 0.15) is 29.5 Å². The van der Waals surface area contributed by atoms with E-state index in [9.17, 15) is 0 Å². The molecule has 122 valence electrons. The number of fused-ring (bicyclic) bond motifs is 2. The molecule has 0 bridgehead atoms. The molecule has 2 aliphatic carbocycles. The van der Waals surface area contributed by atoms with E-state index in [1.54, 1.807) is 16.4 Å². The molecule has 0 saturated heterocycles. The Bertz CT molecular complexity index is 783. The molecular formula is C20H19Cl2PZr. The Morgan fingerprint density at radius 1 is 0.833 bits per heavy atom. The Hall–Kier alpha value is -0.187. The zero-order valence-electron chi connectivity index (χ0n) is 13.7. The third-order valence-corrected chi connectivity index (χ3v) is 11.1. The summed E-state index contributed by atoms with van der Waals surface area (Å²) in [6, 6.07) is 18.0. The van der Waals surface area contributed by atoms with E-state index in [-0.39, 0.29) is 32.7 Å². The van der Waals surface area contributed by atoms with Crippen molar-refractivity contribution in [1.82, 2.24) is 0 Å². The fraction of sp³-hybridized carbons (Fsp3) is 0.200. The maximum absolute atomic E-state index is 2.50. The number of hydrogen-bond acceptors (Lipinski definition) is 0. The van der Waals surface area contributed by atoms with E-state index in [1.807, 2.05) is 0 Å². The van der Waals surface area contributed by atoms with E-state index in [1.165, 1.54) is 11.1 Å². The van der Waals surface area contributed by atoms with Crippen molar-refractivity contribution in [2.24, 2.45) is 0 Å². The third-order valence-electron chi connectivity index (χ3n) is 4.57. The van der Waals surface area contributed by atoms with Gasteiger partial charge in [0, 0.05) is 0 Å². The fourth-order valence-electron chi connectivity index (χ4n) is 3.44. The number of allylic oxidation sites excluding steroid dienone is 2. The molecule has 2 aromatic rings. The molecule has 4 rings (SSSR count). The van der Waals surface area contributed by atoms with Crippen molar-refractivity contribution >= 4 is 20.1 Å². The first-order valence-corrected chi connectivity index (χ1v) is 12.8. The standard InChI is InChI=1S/C11H12P.C9H7.2ClH.Zr/c1-12(2)11-7-9-5-3-4-6-10(9)8-11;1-2-5-9-7-3-6-8(9)4-1;;;/h3-8H,1-2H3;1-7H;2*1H;/q;;;;+2/p-2. The number of rotatable bonds is 3. The second kappa shape index (κ2) is 8.46. The maximum Gasteiger partial charge on any atom is -1.00 e. The minimum atomic E-state index is -0.615. The van der Waals surface area contributed by atoms with Gasteiger partial charge in [0.15, 0.2) is 0 Å². The van der Waals surface area contributed by atoms with Gasteiger partial charge in [-0.3, -0.25) is 0 Å². The summed E-state index contributed by atoms with van der Waals surface area (Å²) in [6.07, 6.45) is 7.31. The second-order valence-corrected chi connectivity index (χ2v) is 12.2. The molecule has 0 nitrogen and oxygen atoms in total. The summed E-state index contributed by atoms with van der Waals surface area (Å²) >= 11 is -0.615. The van der Waals surface area contributed by atoms with Crippen LogP contribution in [0.3, 0.4) is 0 Å². The average Bonchev–Trinajstić information content (AvgIpc) is 3.10. The largest absolute Gasteiger partial charge is 1.00 e. The van der Waals surface area contributed by atoms with Gasteiger partial charge in [-0.05, 0) is 0 Å². The summed E-state index contributed by atoms with van der Waals surface area (Å²) < 4.78 is 1.50. The van der Waals surface area contributed by atoms with Crippen molar-refractivity contribution in [2.75, 3.05) is 13.3 Å². The van der Waals surface area contributed by atoms with Crippen molar-refractivity contribution in [3.63, 3.8) is 0 Å². The quantitative estimate of drug-likeness (QED) is 0.561. The molecule has 2 atom stereocenters. The van der Waals surface area contributed by atoms with Gasteiger partial charge in [-0.1, -0.05) is 0 Å². The van der Waals surface area contributed by atoms with Crippen LogP contribution < -0.4 is 24.8 Å². The minimum Gasteiger partial charge on any atom is -1.00 e. The minimum absolute atomic E-state index is 0. The monoisotopic (exact) mass is 450 g/mol. The average molecular weight is 452 g/mol. The van der Waals surface area contributed by atoms with Gasteiger partial charge < -0.3 is 24.8 Å². The van der Waals surface area contributed by atoms with Crippen LogP contribution in [0.2, 0.25) is 0 Å². The predicted molar refractivity (Wildman–Crippen MR) is 94.1 cm³/mol. The van der Waals surface area contributed by atoms with Gasteiger partial charge >= 0.3 is 146 Å². The van der Waals surface area contributed by atoms with Crippen LogP contribution >= 0.6 is 7.92 Å². The summed E-state index contributed by atoms with van der Waals surface area (Å²) in [6.45, 7) is 4.83. The summed E-state index contributed by atoms with van der Waals surface area (Å²) in [5.74, 6) is 0. The molecule has 0 fully saturated rings. The van der Waals surface area contributed by atoms with E-state index in [0.717, 1.165) is 7.25 Å². The Kier molecular flexibility index (Phi) is 7.10. The van der Waals surface area contributed by atoms with E-state index < -0.39 is 23.2 Å².